The number of anilines is 2. The summed E-state index contributed by atoms with van der Waals surface area (Å²) in [6.45, 7) is 0.814. The lowest BCUT2D eigenvalue weighted by atomic mass is 10.2. The van der Waals surface area contributed by atoms with E-state index in [0.717, 1.165) is 0 Å². The number of hydrogen-bond acceptors (Lipinski definition) is 10. The Labute approximate surface area is 169 Å². The lowest BCUT2D eigenvalue weighted by Crippen LogP contribution is -2.42. The van der Waals surface area contributed by atoms with Crippen LogP contribution in [0.5, 0.6) is 0 Å². The third-order valence-electron chi connectivity index (χ3n) is 4.05. The molecule has 27 heavy (non-hydrogen) atoms. The first-order valence-electron chi connectivity index (χ1n) is 8.01. The standard InChI is InChI=1S/C13H17Cl2N6O4PS/c1-5(2)24-26(27)22-3-6-8(25-26)13(14,15)11(23-6)21-4-18-7-9(16)19-12(17)20-10(7)21/h4-6,8,11H,3H2,1-2H3,(H4,16,17,19,20). The molecule has 4 N–H and O–H groups in total. The molecule has 2 fully saturated rings. The fourth-order valence-electron chi connectivity index (χ4n) is 3.01. The second-order valence-corrected chi connectivity index (χ2v) is 10.8. The van der Waals surface area contributed by atoms with Crippen LogP contribution in [0.1, 0.15) is 20.1 Å². The maximum atomic E-state index is 6.66. The molecule has 2 aromatic heterocycles. The first-order chi connectivity index (χ1) is 12.6. The van der Waals surface area contributed by atoms with Crippen molar-refractivity contribution in [2.24, 2.45) is 0 Å². The van der Waals surface area contributed by atoms with Gasteiger partial charge >= 0.3 is 6.72 Å². The Morgan fingerprint density at radius 1 is 1.41 bits per heavy atom. The van der Waals surface area contributed by atoms with Crippen molar-refractivity contribution >= 4 is 64.7 Å². The highest BCUT2D eigenvalue weighted by atomic mass is 35.5. The minimum absolute atomic E-state index is 0.00711. The van der Waals surface area contributed by atoms with Gasteiger partial charge in [0.05, 0.1) is 19.0 Å². The molecular formula is C13H17Cl2N6O4PS. The normalized spacial score (nSPS) is 32.9. The summed E-state index contributed by atoms with van der Waals surface area (Å²) in [4.78, 5) is 12.3. The van der Waals surface area contributed by atoms with Crippen LogP contribution in [0.2, 0.25) is 0 Å². The molecule has 2 aromatic rings. The van der Waals surface area contributed by atoms with Gasteiger partial charge in [-0.15, -0.1) is 0 Å². The lowest BCUT2D eigenvalue weighted by molar-refractivity contribution is -0.0632. The van der Waals surface area contributed by atoms with E-state index >= 15 is 0 Å². The molecule has 4 atom stereocenters. The van der Waals surface area contributed by atoms with Crippen molar-refractivity contribution < 1.29 is 18.3 Å². The molecule has 2 aliphatic heterocycles. The van der Waals surface area contributed by atoms with Gasteiger partial charge in [-0.1, -0.05) is 23.2 Å². The number of nitrogen functional groups attached to an aromatic ring is 2. The topological polar surface area (TPSA) is 133 Å². The number of fused-ring (bicyclic) bond motifs is 2. The molecule has 0 saturated carbocycles. The van der Waals surface area contributed by atoms with E-state index in [1.54, 1.807) is 0 Å². The van der Waals surface area contributed by atoms with E-state index in [-0.39, 0.29) is 24.5 Å². The van der Waals surface area contributed by atoms with Gasteiger partial charge in [-0.05, 0) is 25.7 Å². The Kier molecular flexibility index (Phi) is 4.80. The number of aromatic nitrogens is 4. The fraction of sp³-hybridized carbons (Fsp3) is 0.615. The zero-order valence-electron chi connectivity index (χ0n) is 14.3. The highest BCUT2D eigenvalue weighted by molar-refractivity contribution is 8.07. The molecule has 0 aromatic carbocycles. The smallest absolute Gasteiger partial charge is 0.327 e. The molecule has 0 bridgehead atoms. The Bertz CT molecular complexity index is 943. The van der Waals surface area contributed by atoms with Crippen LogP contribution in [-0.4, -0.2) is 48.8 Å². The number of nitrogens with two attached hydrogens (primary N) is 2. The summed E-state index contributed by atoms with van der Waals surface area (Å²) in [6, 6.07) is 0. The molecular weight excluding hydrogens is 438 g/mol. The van der Waals surface area contributed by atoms with Crippen molar-refractivity contribution in [1.82, 2.24) is 19.5 Å². The van der Waals surface area contributed by atoms with Crippen molar-refractivity contribution in [3.8, 4) is 0 Å². The highest BCUT2D eigenvalue weighted by Crippen LogP contribution is 2.62. The van der Waals surface area contributed by atoms with Crippen molar-refractivity contribution in [1.29, 1.82) is 0 Å². The number of rotatable bonds is 3. The molecule has 0 amide bonds. The quantitative estimate of drug-likeness (QED) is 0.524. The van der Waals surface area contributed by atoms with Crippen LogP contribution < -0.4 is 11.5 Å². The van der Waals surface area contributed by atoms with Gasteiger partial charge < -0.3 is 25.3 Å². The van der Waals surface area contributed by atoms with Gasteiger partial charge in [0.1, 0.15) is 17.7 Å². The van der Waals surface area contributed by atoms with Gasteiger partial charge in [-0.25, -0.2) is 4.98 Å². The van der Waals surface area contributed by atoms with Crippen molar-refractivity contribution in [3.63, 3.8) is 0 Å². The van der Waals surface area contributed by atoms with Crippen LogP contribution in [0, 0.1) is 0 Å². The van der Waals surface area contributed by atoms with E-state index in [4.69, 9.17) is 64.8 Å². The van der Waals surface area contributed by atoms with Crippen molar-refractivity contribution in [2.45, 2.75) is 42.7 Å². The first kappa shape index (κ1) is 19.5. The minimum atomic E-state index is -2.99. The molecule has 4 rings (SSSR count). The summed E-state index contributed by atoms with van der Waals surface area (Å²) in [7, 11) is 0. The second kappa shape index (κ2) is 6.64. The summed E-state index contributed by atoms with van der Waals surface area (Å²) in [6.07, 6.45) is -0.924. The number of ether oxygens (including phenoxy) is 1. The van der Waals surface area contributed by atoms with Crippen molar-refractivity contribution in [3.05, 3.63) is 6.33 Å². The van der Waals surface area contributed by atoms with Gasteiger partial charge in [0.15, 0.2) is 22.0 Å². The van der Waals surface area contributed by atoms with Gasteiger partial charge in [-0.3, -0.25) is 9.09 Å². The Balaban J connectivity index is 1.70. The summed E-state index contributed by atoms with van der Waals surface area (Å²) in [5.74, 6) is 0.133. The second-order valence-electron chi connectivity index (χ2n) is 6.42. The molecule has 0 radical (unpaired) electrons. The fourth-order valence-corrected chi connectivity index (χ4v) is 6.39. The number of imidazole rings is 1. The summed E-state index contributed by atoms with van der Waals surface area (Å²) < 4.78 is 23.2. The largest absolute Gasteiger partial charge is 0.382 e. The van der Waals surface area contributed by atoms with E-state index in [2.05, 4.69) is 15.0 Å². The molecule has 148 valence electrons. The number of hydrogen-bond donors (Lipinski definition) is 2. The average Bonchev–Trinajstić information content (AvgIpc) is 3.05. The number of halogens is 2. The zero-order chi connectivity index (χ0) is 19.6. The maximum Gasteiger partial charge on any atom is 0.327 e. The molecule has 10 nitrogen and oxygen atoms in total. The summed E-state index contributed by atoms with van der Waals surface area (Å²) in [5.41, 5.74) is 12.2. The third-order valence-corrected chi connectivity index (χ3v) is 7.31. The lowest BCUT2D eigenvalue weighted by Gasteiger charge is -2.36. The SMILES string of the molecule is CC(C)OP1(=S)OCC2OC(n3cnc4c(N)nc(N)nc43)C(Cl)(Cl)C2O1. The predicted molar refractivity (Wildman–Crippen MR) is 104 cm³/mol. The average molecular weight is 455 g/mol. The van der Waals surface area contributed by atoms with E-state index in [0.29, 0.717) is 11.2 Å². The Morgan fingerprint density at radius 3 is 2.85 bits per heavy atom. The van der Waals surface area contributed by atoms with Crippen LogP contribution in [0.3, 0.4) is 0 Å². The summed E-state index contributed by atoms with van der Waals surface area (Å²) in [5, 5.41) is 0. The molecule has 4 heterocycles. The first-order valence-corrected chi connectivity index (χ1v) is 11.3. The van der Waals surface area contributed by atoms with Crippen LogP contribution in [-0.2, 0) is 30.1 Å². The molecule has 4 unspecified atom stereocenters. The van der Waals surface area contributed by atoms with Crippen LogP contribution >= 0.6 is 29.9 Å². The molecule has 14 heteroatoms. The van der Waals surface area contributed by atoms with Crippen LogP contribution in [0.4, 0.5) is 11.8 Å². The van der Waals surface area contributed by atoms with E-state index < -0.39 is 29.5 Å². The summed E-state index contributed by atoms with van der Waals surface area (Å²) >= 11 is 18.7. The zero-order valence-corrected chi connectivity index (χ0v) is 17.5. The maximum absolute atomic E-state index is 6.66. The van der Waals surface area contributed by atoms with Crippen LogP contribution in [0.25, 0.3) is 11.2 Å². The van der Waals surface area contributed by atoms with Gasteiger partial charge in [0.25, 0.3) is 0 Å². The van der Waals surface area contributed by atoms with Crippen molar-refractivity contribution in [2.75, 3.05) is 18.1 Å². The third kappa shape index (κ3) is 3.30. The molecule has 0 aliphatic carbocycles. The Morgan fingerprint density at radius 2 is 2.15 bits per heavy atom. The van der Waals surface area contributed by atoms with Gasteiger partial charge in [0.2, 0.25) is 5.95 Å². The number of alkyl halides is 2. The van der Waals surface area contributed by atoms with Crippen LogP contribution in [0.15, 0.2) is 6.33 Å². The van der Waals surface area contributed by atoms with Gasteiger partial charge in [0, 0.05) is 0 Å². The molecule has 2 aliphatic rings. The monoisotopic (exact) mass is 454 g/mol. The van der Waals surface area contributed by atoms with E-state index in [1.165, 1.54) is 10.9 Å². The highest BCUT2D eigenvalue weighted by Gasteiger charge is 2.61. The Hall–Kier alpha value is -0.780. The number of nitrogens with zero attached hydrogens (tertiary/aromatic N) is 4. The van der Waals surface area contributed by atoms with Gasteiger partial charge in [-0.2, -0.15) is 9.97 Å². The molecule has 0 spiro atoms. The van der Waals surface area contributed by atoms with E-state index in [1.807, 2.05) is 13.8 Å². The predicted octanol–water partition coefficient (Wildman–Crippen LogP) is 2.13. The minimum Gasteiger partial charge on any atom is -0.382 e. The van der Waals surface area contributed by atoms with E-state index in [9.17, 15) is 0 Å². The molecule has 2 saturated heterocycles.